The van der Waals surface area contributed by atoms with Crippen LogP contribution in [0.25, 0.3) is 0 Å². The smallest absolute Gasteiger partial charge is 0.378 e. The number of hydrogen-bond acceptors (Lipinski definition) is 6. The fourth-order valence-electron chi connectivity index (χ4n) is 3.73. The average molecular weight is 490 g/mol. The first-order valence-corrected chi connectivity index (χ1v) is 9.70. The third kappa shape index (κ3) is 5.93. The highest BCUT2D eigenvalue weighted by Crippen LogP contribution is 2.37. The molecule has 0 bridgehead atoms. The van der Waals surface area contributed by atoms with Gasteiger partial charge in [-0.15, -0.1) is 0 Å². The van der Waals surface area contributed by atoms with Crippen molar-refractivity contribution in [3.8, 4) is 0 Å². The van der Waals surface area contributed by atoms with E-state index in [9.17, 15) is 49.8 Å². The molecular formula is C18H18F8N4O3. The molecule has 1 saturated heterocycles. The van der Waals surface area contributed by atoms with Gasteiger partial charge in [-0.05, 0) is 12.8 Å². The zero-order chi connectivity index (χ0) is 24.8. The summed E-state index contributed by atoms with van der Waals surface area (Å²) in [5.74, 6) is -6.87. The van der Waals surface area contributed by atoms with Crippen LogP contribution >= 0.6 is 0 Å². The number of carbonyl (C=O) groups is 2. The van der Waals surface area contributed by atoms with Gasteiger partial charge in [0.25, 0.3) is 5.92 Å². The summed E-state index contributed by atoms with van der Waals surface area (Å²) in [5, 5.41) is 9.77. The number of aliphatic hydroxyl groups is 1. The molecule has 0 radical (unpaired) electrons. The Morgan fingerprint density at radius 2 is 1.76 bits per heavy atom. The second-order valence-electron chi connectivity index (χ2n) is 7.88. The molecule has 1 fully saturated rings. The number of Topliss-reactive ketones (excluding diaryl/α,β-unsaturated/α-hetero) is 1. The van der Waals surface area contributed by atoms with Crippen molar-refractivity contribution >= 4 is 11.7 Å². The van der Waals surface area contributed by atoms with Gasteiger partial charge in [0.1, 0.15) is 6.23 Å². The predicted molar refractivity (Wildman–Crippen MR) is 92.5 cm³/mol. The molecule has 1 atom stereocenters. The van der Waals surface area contributed by atoms with Crippen molar-refractivity contribution < 1.29 is 49.8 Å². The van der Waals surface area contributed by atoms with Gasteiger partial charge in [-0.1, -0.05) is 0 Å². The number of rotatable bonds is 4. The van der Waals surface area contributed by atoms with Gasteiger partial charge >= 0.3 is 12.4 Å². The van der Waals surface area contributed by atoms with E-state index in [0.717, 1.165) is 9.80 Å². The number of nitrogens with zero attached hydrogens (tertiary/aromatic N) is 4. The van der Waals surface area contributed by atoms with Crippen LogP contribution in [-0.2, 0) is 34.9 Å². The summed E-state index contributed by atoms with van der Waals surface area (Å²) in [7, 11) is 0. The van der Waals surface area contributed by atoms with E-state index in [1.54, 1.807) is 0 Å². The molecular weight excluding hydrogens is 472 g/mol. The molecule has 2 aliphatic rings. The van der Waals surface area contributed by atoms with Crippen molar-refractivity contribution in [2.45, 2.75) is 56.7 Å². The summed E-state index contributed by atoms with van der Waals surface area (Å²) in [6.07, 6.45) is -13.9. The van der Waals surface area contributed by atoms with Crippen LogP contribution in [0.4, 0.5) is 35.1 Å². The van der Waals surface area contributed by atoms with Crippen molar-refractivity contribution in [2.75, 3.05) is 19.6 Å². The summed E-state index contributed by atoms with van der Waals surface area (Å²) in [4.78, 5) is 32.0. The molecule has 184 valence electrons. The number of aliphatic hydroxyl groups excluding tert-OH is 1. The first kappa shape index (κ1) is 25.2. The maximum absolute atomic E-state index is 13.5. The monoisotopic (exact) mass is 490 g/mol. The topological polar surface area (TPSA) is 86.6 Å². The Balaban J connectivity index is 1.72. The summed E-state index contributed by atoms with van der Waals surface area (Å²) >= 11 is 0. The first-order chi connectivity index (χ1) is 15.1. The number of alkyl halides is 8. The number of fused-ring (bicyclic) bond motifs is 1. The molecule has 7 nitrogen and oxygen atoms in total. The van der Waals surface area contributed by atoms with Crippen LogP contribution < -0.4 is 0 Å². The van der Waals surface area contributed by atoms with Crippen LogP contribution in [0, 0.1) is 0 Å². The van der Waals surface area contributed by atoms with Crippen LogP contribution in [0.2, 0.25) is 0 Å². The number of amides is 1. The third-order valence-electron chi connectivity index (χ3n) is 5.29. The molecule has 0 aromatic carbocycles. The zero-order valence-corrected chi connectivity index (χ0v) is 16.8. The van der Waals surface area contributed by atoms with E-state index in [1.165, 1.54) is 0 Å². The minimum atomic E-state index is -5.26. The number of carbonyl (C=O) groups excluding carboxylic acids is 2. The Hall–Kier alpha value is -2.42. The molecule has 3 heterocycles. The van der Waals surface area contributed by atoms with Crippen molar-refractivity contribution in [3.05, 3.63) is 22.8 Å². The number of likely N-dealkylation sites (tertiary alicyclic amines) is 1. The standard InChI is InChI=1S/C18H18F8N4O3/c19-16(20)3-1-12(32)30(8-16)6-9(31)5-13(33)29-4-2-10-11(7-29)27-15(18(24,25)26)28-14(10)17(21,22)23/h12,32H,1-8H2. The van der Waals surface area contributed by atoms with Gasteiger partial charge in [0, 0.05) is 18.5 Å². The highest BCUT2D eigenvalue weighted by Gasteiger charge is 2.44. The molecule has 33 heavy (non-hydrogen) atoms. The van der Waals surface area contributed by atoms with Crippen molar-refractivity contribution in [1.29, 1.82) is 0 Å². The van der Waals surface area contributed by atoms with Gasteiger partial charge in [0.2, 0.25) is 11.7 Å². The fourth-order valence-corrected chi connectivity index (χ4v) is 3.73. The Morgan fingerprint density at radius 1 is 1.09 bits per heavy atom. The summed E-state index contributed by atoms with van der Waals surface area (Å²) < 4.78 is 106. The van der Waals surface area contributed by atoms with Gasteiger partial charge in [0.05, 0.1) is 31.7 Å². The van der Waals surface area contributed by atoms with E-state index in [4.69, 9.17) is 0 Å². The molecule has 3 rings (SSSR count). The lowest BCUT2D eigenvalue weighted by atomic mass is 10.0. The van der Waals surface area contributed by atoms with Crippen LogP contribution in [0.1, 0.15) is 42.0 Å². The molecule has 1 N–H and O–H groups in total. The normalized spacial score (nSPS) is 21.6. The largest absolute Gasteiger partial charge is 0.451 e. The van der Waals surface area contributed by atoms with Gasteiger partial charge < -0.3 is 10.0 Å². The molecule has 2 aliphatic heterocycles. The van der Waals surface area contributed by atoms with Crippen molar-refractivity contribution in [3.63, 3.8) is 0 Å². The first-order valence-electron chi connectivity index (χ1n) is 9.70. The molecule has 0 saturated carbocycles. The predicted octanol–water partition coefficient (Wildman–Crippen LogP) is 2.41. The average Bonchev–Trinajstić information content (AvgIpc) is 2.67. The summed E-state index contributed by atoms with van der Waals surface area (Å²) in [5.41, 5.74) is -2.93. The SMILES string of the molecule is O=C(CC(=O)N1CCc2c(nc(C(F)(F)F)nc2C(F)(F)F)C1)CN1CC(F)(F)CCC1O. The molecule has 15 heteroatoms. The van der Waals surface area contributed by atoms with Gasteiger partial charge in [-0.25, -0.2) is 18.7 Å². The van der Waals surface area contributed by atoms with Gasteiger partial charge in [0.15, 0.2) is 11.5 Å². The molecule has 1 aromatic rings. The second-order valence-corrected chi connectivity index (χ2v) is 7.88. The zero-order valence-electron chi connectivity index (χ0n) is 16.8. The lowest BCUT2D eigenvalue weighted by molar-refractivity contribution is -0.153. The van der Waals surface area contributed by atoms with Gasteiger partial charge in [-0.2, -0.15) is 26.3 Å². The van der Waals surface area contributed by atoms with E-state index >= 15 is 0 Å². The minimum absolute atomic E-state index is 0.278. The number of halogens is 8. The quantitative estimate of drug-likeness (QED) is 0.516. The number of ketones is 1. The fraction of sp³-hybridized carbons (Fsp3) is 0.667. The Bertz CT molecular complexity index is 934. The maximum Gasteiger partial charge on any atom is 0.451 e. The maximum atomic E-state index is 13.5. The lowest BCUT2D eigenvalue weighted by Crippen LogP contribution is -2.51. The Kier molecular flexibility index (Phi) is 6.68. The number of hydrogen-bond donors (Lipinski definition) is 1. The van der Waals surface area contributed by atoms with E-state index in [2.05, 4.69) is 9.97 Å². The minimum Gasteiger partial charge on any atom is -0.378 e. The van der Waals surface area contributed by atoms with Crippen molar-refractivity contribution in [2.24, 2.45) is 0 Å². The van der Waals surface area contributed by atoms with E-state index < -0.39 is 97.9 Å². The second kappa shape index (κ2) is 8.74. The summed E-state index contributed by atoms with van der Waals surface area (Å²) in [6.45, 7) is -2.59. The van der Waals surface area contributed by atoms with Crippen LogP contribution in [0.3, 0.4) is 0 Å². The van der Waals surface area contributed by atoms with E-state index in [0.29, 0.717) is 0 Å². The molecule has 1 amide bonds. The van der Waals surface area contributed by atoms with Crippen LogP contribution in [0.15, 0.2) is 0 Å². The molecule has 0 spiro atoms. The lowest BCUT2D eigenvalue weighted by Gasteiger charge is -2.36. The van der Waals surface area contributed by atoms with Crippen LogP contribution in [-0.4, -0.2) is 68.3 Å². The van der Waals surface area contributed by atoms with Crippen molar-refractivity contribution in [1.82, 2.24) is 19.8 Å². The molecule has 0 aliphatic carbocycles. The molecule has 1 aromatic heterocycles. The summed E-state index contributed by atoms with van der Waals surface area (Å²) in [6, 6.07) is 0. The van der Waals surface area contributed by atoms with E-state index in [-0.39, 0.29) is 13.0 Å². The molecule has 1 unspecified atom stereocenters. The number of piperidine rings is 1. The highest BCUT2D eigenvalue weighted by molar-refractivity contribution is 5.99. The van der Waals surface area contributed by atoms with Crippen LogP contribution in [0.5, 0.6) is 0 Å². The number of aromatic nitrogens is 2. The Labute approximate surface area is 181 Å². The Morgan fingerprint density at radius 3 is 2.36 bits per heavy atom. The third-order valence-corrected chi connectivity index (χ3v) is 5.29. The van der Waals surface area contributed by atoms with Gasteiger partial charge in [-0.3, -0.25) is 14.5 Å². The van der Waals surface area contributed by atoms with E-state index in [1.807, 2.05) is 0 Å². The highest BCUT2D eigenvalue weighted by atomic mass is 19.4.